The number of nitrogens with zero attached hydrogens (tertiary/aromatic N) is 1. The fraction of sp³-hybridized carbons (Fsp3) is 0.462. The predicted octanol–water partition coefficient (Wildman–Crippen LogP) is 1.93. The lowest BCUT2D eigenvalue weighted by Crippen LogP contribution is -2.22. The lowest BCUT2D eigenvalue weighted by atomic mass is 10.3. The normalized spacial score (nSPS) is 14.9. The monoisotopic (exact) mass is 267 g/mol. The molecule has 1 aromatic carbocycles. The molecule has 0 aromatic heterocycles. The van der Waals surface area contributed by atoms with Crippen LogP contribution in [0.1, 0.15) is 12.8 Å². The number of alkyl halides is 1. The van der Waals surface area contributed by atoms with Gasteiger partial charge < -0.3 is 20.5 Å². The molecule has 2 rings (SSSR count). The van der Waals surface area contributed by atoms with E-state index in [4.69, 9.17) is 15.2 Å². The molecule has 1 aromatic rings. The lowest BCUT2D eigenvalue weighted by molar-refractivity contribution is 0.297. The Morgan fingerprint density at radius 2 is 2.11 bits per heavy atom. The molecule has 1 aliphatic rings. The molecule has 19 heavy (non-hydrogen) atoms. The molecule has 104 valence electrons. The maximum Gasteiger partial charge on any atom is 0.193 e. The van der Waals surface area contributed by atoms with Gasteiger partial charge in [-0.25, -0.2) is 0 Å². The molecule has 1 aliphatic heterocycles. The van der Waals surface area contributed by atoms with Gasteiger partial charge in [-0.1, -0.05) is 0 Å². The minimum Gasteiger partial charge on any atom is -0.490 e. The summed E-state index contributed by atoms with van der Waals surface area (Å²) >= 11 is 0. The zero-order chi connectivity index (χ0) is 13.5. The van der Waals surface area contributed by atoms with Crippen molar-refractivity contribution >= 4 is 11.6 Å². The first kappa shape index (κ1) is 13.5. The molecular formula is C13H18FN3O2. The minimum absolute atomic E-state index is 0.267. The van der Waals surface area contributed by atoms with Crippen LogP contribution in [-0.2, 0) is 0 Å². The van der Waals surface area contributed by atoms with Gasteiger partial charge in [0.25, 0.3) is 0 Å². The van der Waals surface area contributed by atoms with Crippen LogP contribution in [0.25, 0.3) is 0 Å². The zero-order valence-corrected chi connectivity index (χ0v) is 10.7. The van der Waals surface area contributed by atoms with Gasteiger partial charge >= 0.3 is 0 Å². The summed E-state index contributed by atoms with van der Waals surface area (Å²) in [5.41, 5.74) is 6.47. The summed E-state index contributed by atoms with van der Waals surface area (Å²) < 4.78 is 23.0. The highest BCUT2D eigenvalue weighted by molar-refractivity contribution is 5.92. The molecule has 5 nitrogen and oxygen atoms in total. The number of rotatable bonds is 4. The highest BCUT2D eigenvalue weighted by Crippen LogP contribution is 2.32. The van der Waals surface area contributed by atoms with Crippen molar-refractivity contribution < 1.29 is 13.9 Å². The molecular weight excluding hydrogens is 249 g/mol. The number of hydrogen-bond acceptors (Lipinski definition) is 3. The van der Waals surface area contributed by atoms with Gasteiger partial charge in [0, 0.05) is 24.7 Å². The van der Waals surface area contributed by atoms with Crippen LogP contribution >= 0.6 is 0 Å². The van der Waals surface area contributed by atoms with Crippen molar-refractivity contribution in [1.82, 2.24) is 0 Å². The molecule has 0 aliphatic carbocycles. The van der Waals surface area contributed by atoms with Gasteiger partial charge in [0.15, 0.2) is 17.5 Å². The van der Waals surface area contributed by atoms with Crippen molar-refractivity contribution in [1.29, 1.82) is 0 Å². The molecule has 0 fully saturated rings. The maximum atomic E-state index is 11.9. The maximum absolute atomic E-state index is 11.9. The third-order valence-corrected chi connectivity index (χ3v) is 2.59. The highest BCUT2D eigenvalue weighted by Gasteiger charge is 2.10. The van der Waals surface area contributed by atoms with Gasteiger partial charge in [0.2, 0.25) is 0 Å². The van der Waals surface area contributed by atoms with Gasteiger partial charge in [0.1, 0.15) is 0 Å². The van der Waals surface area contributed by atoms with E-state index >= 15 is 0 Å². The SMILES string of the molecule is NC(=NCCCF)Nc1ccc2c(c1)OCCCO2. The molecule has 3 N–H and O–H groups in total. The van der Waals surface area contributed by atoms with Crippen LogP contribution in [0, 0.1) is 0 Å². The van der Waals surface area contributed by atoms with Gasteiger partial charge in [0.05, 0.1) is 19.9 Å². The van der Waals surface area contributed by atoms with Gasteiger partial charge in [-0.3, -0.25) is 9.38 Å². The number of anilines is 1. The number of hydrogen-bond donors (Lipinski definition) is 2. The third-order valence-electron chi connectivity index (χ3n) is 2.59. The highest BCUT2D eigenvalue weighted by atomic mass is 19.1. The van der Waals surface area contributed by atoms with Gasteiger partial charge in [-0.2, -0.15) is 0 Å². The van der Waals surface area contributed by atoms with Crippen LogP contribution in [0.15, 0.2) is 23.2 Å². The van der Waals surface area contributed by atoms with E-state index in [1.165, 1.54) is 0 Å². The molecule has 0 unspecified atom stereocenters. The zero-order valence-electron chi connectivity index (χ0n) is 10.7. The number of guanidine groups is 1. The van der Waals surface area contributed by atoms with Crippen LogP contribution in [0.2, 0.25) is 0 Å². The third kappa shape index (κ3) is 4.01. The number of nitrogens with one attached hydrogen (secondary N) is 1. The number of nitrogens with two attached hydrogens (primary N) is 1. The van der Waals surface area contributed by atoms with E-state index in [-0.39, 0.29) is 12.6 Å². The van der Waals surface area contributed by atoms with Crippen LogP contribution < -0.4 is 20.5 Å². The van der Waals surface area contributed by atoms with E-state index in [0.29, 0.717) is 31.9 Å². The van der Waals surface area contributed by atoms with Crippen molar-refractivity contribution in [3.05, 3.63) is 18.2 Å². The summed E-state index contributed by atoms with van der Waals surface area (Å²) in [6.07, 6.45) is 1.24. The summed E-state index contributed by atoms with van der Waals surface area (Å²) in [5, 5.41) is 2.94. The Hall–Kier alpha value is -1.98. The van der Waals surface area contributed by atoms with Crippen molar-refractivity contribution in [3.63, 3.8) is 0 Å². The smallest absolute Gasteiger partial charge is 0.193 e. The second-order valence-electron chi connectivity index (χ2n) is 4.15. The Kier molecular flexibility index (Phi) is 4.83. The Morgan fingerprint density at radius 3 is 2.89 bits per heavy atom. The number of halogens is 1. The first-order valence-electron chi connectivity index (χ1n) is 6.32. The molecule has 0 bridgehead atoms. The summed E-state index contributed by atoms with van der Waals surface area (Å²) in [6.45, 7) is 1.28. The van der Waals surface area contributed by atoms with Gasteiger partial charge in [-0.05, 0) is 18.6 Å². The predicted molar refractivity (Wildman–Crippen MR) is 72.8 cm³/mol. The van der Waals surface area contributed by atoms with Crippen molar-refractivity contribution in [2.75, 3.05) is 31.7 Å². The second kappa shape index (κ2) is 6.82. The van der Waals surface area contributed by atoms with E-state index < -0.39 is 0 Å². The largest absolute Gasteiger partial charge is 0.490 e. The van der Waals surface area contributed by atoms with E-state index in [9.17, 15) is 4.39 Å². The molecule has 0 saturated heterocycles. The lowest BCUT2D eigenvalue weighted by Gasteiger charge is -2.10. The Labute approximate surface area is 111 Å². The molecule has 0 spiro atoms. The number of benzene rings is 1. The van der Waals surface area contributed by atoms with E-state index in [2.05, 4.69) is 10.3 Å². The molecule has 0 saturated carbocycles. The van der Waals surface area contributed by atoms with Crippen LogP contribution in [-0.4, -0.2) is 32.4 Å². The second-order valence-corrected chi connectivity index (χ2v) is 4.15. The van der Waals surface area contributed by atoms with Crippen LogP contribution in [0.4, 0.5) is 10.1 Å². The summed E-state index contributed by atoms with van der Waals surface area (Å²) in [4.78, 5) is 4.01. The molecule has 0 atom stereocenters. The fourth-order valence-electron chi connectivity index (χ4n) is 1.69. The molecule has 1 heterocycles. The summed E-state index contributed by atoms with van der Waals surface area (Å²) in [7, 11) is 0. The first-order chi connectivity index (χ1) is 9.29. The van der Waals surface area contributed by atoms with Crippen LogP contribution in [0.5, 0.6) is 11.5 Å². The van der Waals surface area contributed by atoms with E-state index in [1.807, 2.05) is 18.2 Å². The number of aliphatic imine (C=N–C) groups is 1. The number of fused-ring (bicyclic) bond motifs is 1. The molecule has 6 heteroatoms. The Morgan fingerprint density at radius 1 is 1.32 bits per heavy atom. The van der Waals surface area contributed by atoms with Crippen molar-refractivity contribution in [2.24, 2.45) is 10.7 Å². The molecule has 0 amide bonds. The molecule has 0 radical (unpaired) electrons. The van der Waals surface area contributed by atoms with Crippen LogP contribution in [0.3, 0.4) is 0 Å². The fourth-order valence-corrected chi connectivity index (χ4v) is 1.69. The Balaban J connectivity index is 2.01. The average Bonchev–Trinajstić information content (AvgIpc) is 2.63. The number of ether oxygens (including phenoxy) is 2. The van der Waals surface area contributed by atoms with Gasteiger partial charge in [-0.15, -0.1) is 0 Å². The minimum atomic E-state index is -0.388. The van der Waals surface area contributed by atoms with Crippen molar-refractivity contribution in [3.8, 4) is 11.5 Å². The van der Waals surface area contributed by atoms with E-state index in [0.717, 1.165) is 17.9 Å². The summed E-state index contributed by atoms with van der Waals surface area (Å²) in [6, 6.07) is 5.49. The first-order valence-corrected chi connectivity index (χ1v) is 6.32. The topological polar surface area (TPSA) is 68.9 Å². The quantitative estimate of drug-likeness (QED) is 0.497. The van der Waals surface area contributed by atoms with Crippen molar-refractivity contribution in [2.45, 2.75) is 12.8 Å². The standard InChI is InChI=1S/C13H18FN3O2/c14-5-1-6-16-13(15)17-10-3-4-11-12(9-10)19-8-2-7-18-11/h3-4,9H,1-2,5-8H2,(H3,15,16,17). The summed E-state index contributed by atoms with van der Waals surface area (Å²) in [5.74, 6) is 1.69. The Bertz CT molecular complexity index is 452. The van der Waals surface area contributed by atoms with E-state index in [1.54, 1.807) is 0 Å². The average molecular weight is 267 g/mol.